The first kappa shape index (κ1) is 26.3. The highest BCUT2D eigenvalue weighted by atomic mass is 32.2. The van der Waals surface area contributed by atoms with E-state index < -0.39 is 56.2 Å². The lowest BCUT2D eigenvalue weighted by Gasteiger charge is -2.38. The first-order chi connectivity index (χ1) is 18.0. The van der Waals surface area contributed by atoms with Gasteiger partial charge in [-0.3, -0.25) is 19.0 Å². The number of nitrogens with one attached hydrogen (secondary N) is 2. The molecule has 3 N–H and O–H groups in total. The number of nitrogens with zero attached hydrogens (tertiary/aromatic N) is 3. The van der Waals surface area contributed by atoms with Gasteiger partial charge in [0.1, 0.15) is 17.7 Å². The van der Waals surface area contributed by atoms with Crippen LogP contribution in [0.4, 0.5) is 4.39 Å². The highest BCUT2D eigenvalue weighted by molar-refractivity contribution is 7.88. The SMILES string of the molecule is CS(=O)(=O)N1CCCC1C(=O)NC12CCC(CC1)Cn1c2nc(C(=O)NCc2ccc(F)cc2)c(O)c1=O. The Kier molecular flexibility index (Phi) is 6.76. The second kappa shape index (κ2) is 9.77. The molecule has 0 radical (unpaired) electrons. The molecule has 1 saturated carbocycles. The van der Waals surface area contributed by atoms with Gasteiger partial charge in [-0.1, -0.05) is 12.1 Å². The smallest absolute Gasteiger partial charge is 0.296 e. The zero-order valence-electron chi connectivity index (χ0n) is 20.9. The van der Waals surface area contributed by atoms with Crippen molar-refractivity contribution < 1.29 is 27.5 Å². The summed E-state index contributed by atoms with van der Waals surface area (Å²) >= 11 is 0. The number of aromatic nitrogens is 2. The Morgan fingerprint density at radius 3 is 2.53 bits per heavy atom. The van der Waals surface area contributed by atoms with Gasteiger partial charge in [-0.05, 0) is 62.1 Å². The van der Waals surface area contributed by atoms with Crippen molar-refractivity contribution in [1.82, 2.24) is 24.5 Å². The summed E-state index contributed by atoms with van der Waals surface area (Å²) in [5.74, 6) is -2.14. The monoisotopic (exact) mass is 547 g/mol. The van der Waals surface area contributed by atoms with E-state index in [-0.39, 0.29) is 24.8 Å². The molecule has 1 aromatic carbocycles. The Morgan fingerprint density at radius 2 is 1.87 bits per heavy atom. The molecule has 4 aliphatic rings. The third-order valence-electron chi connectivity index (χ3n) is 7.85. The minimum Gasteiger partial charge on any atom is -0.501 e. The summed E-state index contributed by atoms with van der Waals surface area (Å²) in [6.45, 7) is 0.570. The van der Waals surface area contributed by atoms with Crippen molar-refractivity contribution in [2.24, 2.45) is 5.92 Å². The van der Waals surface area contributed by atoms with Crippen molar-refractivity contribution in [2.45, 2.75) is 63.2 Å². The number of halogens is 1. The molecule has 1 aliphatic carbocycles. The lowest BCUT2D eigenvalue weighted by Crippen LogP contribution is -2.55. The van der Waals surface area contributed by atoms with E-state index in [9.17, 15) is 32.3 Å². The number of hydrogen-bond acceptors (Lipinski definition) is 7. The van der Waals surface area contributed by atoms with Crippen molar-refractivity contribution >= 4 is 21.8 Å². The maximum absolute atomic E-state index is 13.4. The van der Waals surface area contributed by atoms with Crippen molar-refractivity contribution in [2.75, 3.05) is 12.8 Å². The van der Waals surface area contributed by atoms with Crippen LogP contribution in [0.5, 0.6) is 5.75 Å². The van der Waals surface area contributed by atoms with Crippen LogP contribution in [0.1, 0.15) is 60.4 Å². The summed E-state index contributed by atoms with van der Waals surface area (Å²) in [5, 5.41) is 16.3. The zero-order valence-corrected chi connectivity index (χ0v) is 21.8. The van der Waals surface area contributed by atoms with Crippen molar-refractivity contribution in [1.29, 1.82) is 0 Å². The molecule has 2 aromatic rings. The highest BCUT2D eigenvalue weighted by Crippen LogP contribution is 2.43. The molecule has 204 valence electrons. The van der Waals surface area contributed by atoms with Gasteiger partial charge in [0, 0.05) is 19.6 Å². The molecule has 38 heavy (non-hydrogen) atoms. The molecule has 1 aromatic heterocycles. The average Bonchev–Trinajstić information content (AvgIpc) is 3.28. The largest absolute Gasteiger partial charge is 0.501 e. The van der Waals surface area contributed by atoms with Crippen LogP contribution in [0, 0.1) is 11.7 Å². The molecule has 4 heterocycles. The fraction of sp³-hybridized carbons (Fsp3) is 0.520. The second-order valence-corrected chi connectivity index (χ2v) is 12.3. The molecule has 3 aliphatic heterocycles. The number of benzene rings is 1. The molecule has 2 fully saturated rings. The molecule has 13 heteroatoms. The molecule has 1 atom stereocenters. The van der Waals surface area contributed by atoms with Gasteiger partial charge in [0.15, 0.2) is 5.69 Å². The first-order valence-corrected chi connectivity index (χ1v) is 14.5. The fourth-order valence-electron chi connectivity index (χ4n) is 5.84. The molecule has 1 unspecified atom stereocenters. The van der Waals surface area contributed by atoms with E-state index in [0.29, 0.717) is 50.6 Å². The van der Waals surface area contributed by atoms with Crippen LogP contribution in [0.15, 0.2) is 29.1 Å². The number of aromatic hydroxyl groups is 1. The summed E-state index contributed by atoms with van der Waals surface area (Å²) in [6, 6.07) is 4.65. The van der Waals surface area contributed by atoms with Crippen LogP contribution in [-0.4, -0.2) is 58.0 Å². The van der Waals surface area contributed by atoms with Gasteiger partial charge in [-0.25, -0.2) is 17.8 Å². The van der Waals surface area contributed by atoms with E-state index in [2.05, 4.69) is 15.6 Å². The molecule has 11 nitrogen and oxygen atoms in total. The van der Waals surface area contributed by atoms with Crippen LogP contribution in [0.25, 0.3) is 0 Å². The maximum atomic E-state index is 13.4. The van der Waals surface area contributed by atoms with Gasteiger partial charge in [0.25, 0.3) is 11.5 Å². The highest BCUT2D eigenvalue weighted by Gasteiger charge is 2.48. The van der Waals surface area contributed by atoms with Crippen LogP contribution in [0.2, 0.25) is 0 Å². The number of carbonyl (C=O) groups excluding carboxylic acids is 2. The topological polar surface area (TPSA) is 151 Å². The van der Waals surface area contributed by atoms with Crippen molar-refractivity contribution in [3.05, 3.63) is 57.5 Å². The van der Waals surface area contributed by atoms with Gasteiger partial charge < -0.3 is 15.7 Å². The first-order valence-electron chi connectivity index (χ1n) is 12.6. The summed E-state index contributed by atoms with van der Waals surface area (Å²) in [4.78, 5) is 44.1. The van der Waals surface area contributed by atoms with Crippen LogP contribution in [-0.2, 0) is 33.4 Å². The predicted molar refractivity (Wildman–Crippen MR) is 134 cm³/mol. The minimum atomic E-state index is -3.59. The molecule has 2 bridgehead atoms. The van der Waals surface area contributed by atoms with Crippen molar-refractivity contribution in [3.63, 3.8) is 0 Å². The third-order valence-corrected chi connectivity index (χ3v) is 9.14. The Balaban J connectivity index is 1.48. The van der Waals surface area contributed by atoms with Gasteiger partial charge >= 0.3 is 0 Å². The lowest BCUT2D eigenvalue weighted by atomic mass is 9.77. The second-order valence-electron chi connectivity index (χ2n) is 10.4. The molecule has 0 spiro atoms. The maximum Gasteiger partial charge on any atom is 0.296 e. The summed E-state index contributed by atoms with van der Waals surface area (Å²) in [5.41, 5.74) is -1.71. The molecule has 6 rings (SSSR count). The minimum absolute atomic E-state index is 0.0195. The van der Waals surface area contributed by atoms with E-state index in [1.807, 2.05) is 0 Å². The van der Waals surface area contributed by atoms with E-state index in [1.54, 1.807) is 0 Å². The number of hydrogen-bond donors (Lipinski definition) is 3. The quantitative estimate of drug-likeness (QED) is 0.487. The molecular weight excluding hydrogens is 517 g/mol. The standard InChI is InChI=1S/C25H30FN5O6S/c1-38(36,37)31-12-2-3-18(31)21(33)29-25-10-8-16(9-11-25)14-30-23(35)20(32)19(28-24(25)30)22(34)27-13-15-4-6-17(26)7-5-15/h4-7,16,18,32H,2-3,8-14H2,1H3,(H,27,34)(H,29,33). The van der Waals surface area contributed by atoms with Crippen LogP contribution < -0.4 is 16.2 Å². The van der Waals surface area contributed by atoms with E-state index >= 15 is 0 Å². The van der Waals surface area contributed by atoms with Crippen LogP contribution >= 0.6 is 0 Å². The van der Waals surface area contributed by atoms with Gasteiger partial charge in [0.05, 0.1) is 11.8 Å². The number of rotatable bonds is 6. The Morgan fingerprint density at radius 1 is 1.18 bits per heavy atom. The summed E-state index contributed by atoms with van der Waals surface area (Å²) in [7, 11) is -3.59. The van der Waals surface area contributed by atoms with Crippen molar-refractivity contribution in [3.8, 4) is 5.75 Å². The summed E-state index contributed by atoms with van der Waals surface area (Å²) < 4.78 is 40.2. The molecule has 2 amide bonds. The fourth-order valence-corrected chi connectivity index (χ4v) is 6.96. The number of sulfonamides is 1. The number of amides is 2. The Labute approximate surface area is 219 Å². The zero-order chi connectivity index (χ0) is 27.2. The molecular formula is C25H30FN5O6S. The van der Waals surface area contributed by atoms with E-state index in [4.69, 9.17) is 0 Å². The summed E-state index contributed by atoms with van der Waals surface area (Å²) in [6.07, 6.45) is 4.31. The normalized spacial score (nSPS) is 25.0. The Hall–Kier alpha value is -3.32. The van der Waals surface area contributed by atoms with E-state index in [0.717, 1.165) is 6.26 Å². The number of fused-ring (bicyclic) bond motifs is 2. The number of carbonyl (C=O) groups is 2. The van der Waals surface area contributed by atoms with Crippen LogP contribution in [0.3, 0.4) is 0 Å². The molecule has 1 saturated heterocycles. The Bertz CT molecular complexity index is 1430. The van der Waals surface area contributed by atoms with Gasteiger partial charge in [0.2, 0.25) is 21.7 Å². The van der Waals surface area contributed by atoms with Gasteiger partial charge in [-0.2, -0.15) is 4.31 Å². The van der Waals surface area contributed by atoms with E-state index in [1.165, 1.54) is 33.1 Å². The van der Waals surface area contributed by atoms with Gasteiger partial charge in [-0.15, -0.1) is 0 Å². The lowest BCUT2D eigenvalue weighted by molar-refractivity contribution is -0.127. The average molecular weight is 548 g/mol. The third kappa shape index (κ3) is 4.80. The predicted octanol–water partition coefficient (Wildman–Crippen LogP) is 0.957.